The molecule has 2 aromatic rings. The molecular formula is C11H12BFN4O4. The Hall–Kier alpha value is -2.65. The molecule has 2 rings (SSSR count). The molecule has 0 fully saturated rings. The second-order valence-electron chi connectivity index (χ2n) is 3.51. The number of carbonyl (C=O) groups is 1. The van der Waals surface area contributed by atoms with E-state index in [9.17, 15) is 19.5 Å². The van der Waals surface area contributed by atoms with E-state index >= 15 is 0 Å². The number of halogens is 1. The molecule has 2 radical (unpaired) electrons. The van der Waals surface area contributed by atoms with Gasteiger partial charge in [-0.1, -0.05) is 13.8 Å². The topological polar surface area (TPSA) is 110 Å². The van der Waals surface area contributed by atoms with Crippen LogP contribution in [-0.4, -0.2) is 43.5 Å². The van der Waals surface area contributed by atoms with Crippen LogP contribution >= 0.6 is 0 Å². The summed E-state index contributed by atoms with van der Waals surface area (Å²) in [6.07, 6.45) is 0. The van der Waals surface area contributed by atoms with Gasteiger partial charge in [-0.3, -0.25) is 0 Å². The average Bonchev–Trinajstić information content (AvgIpc) is 2.72. The Bertz CT molecular complexity index is 662. The molecule has 0 saturated carbocycles. The number of hydrogen-bond acceptors (Lipinski definition) is 7. The number of aromatic nitrogens is 4. The quantitative estimate of drug-likeness (QED) is 0.763. The smallest absolute Gasteiger partial charge is 0.397 e. The molecule has 2 aromatic heterocycles. The maximum Gasteiger partial charge on any atom is 0.397 e. The number of carbonyl (C=O) groups excluding carboxylic acids is 1. The van der Waals surface area contributed by atoms with Crippen LogP contribution in [0, 0.1) is 6.92 Å². The Morgan fingerprint density at radius 1 is 1.33 bits per heavy atom. The van der Waals surface area contributed by atoms with E-state index in [2.05, 4.69) is 19.9 Å². The van der Waals surface area contributed by atoms with E-state index in [1.165, 1.54) is 13.0 Å². The Labute approximate surface area is 120 Å². The fraction of sp³-hybridized carbons (Fsp3) is 0.273. The summed E-state index contributed by atoms with van der Waals surface area (Å²) in [6.45, 7) is 5.50. The summed E-state index contributed by atoms with van der Waals surface area (Å²) in [5, 5.41) is 18.8. The molecule has 2 heterocycles. The van der Waals surface area contributed by atoms with Crippen molar-refractivity contribution in [2.24, 2.45) is 0 Å². The largest absolute Gasteiger partial charge is 0.490 e. The first-order valence-electron chi connectivity index (χ1n) is 5.89. The van der Waals surface area contributed by atoms with Gasteiger partial charge in [0.15, 0.2) is 13.5 Å². The lowest BCUT2D eigenvalue weighted by molar-refractivity contribution is -0.0793. The van der Waals surface area contributed by atoms with E-state index in [4.69, 9.17) is 7.85 Å². The molecule has 21 heavy (non-hydrogen) atoms. The standard InChI is InChI=1S/C9H6BFN4O4.C2H6/c1-3-2-4(7(18)19-11)13-9(12-3)15-6(17)5(16)14-8(15)10;1-2/h2,16-17H,1H3;1-2H3. The number of imidazole rings is 1. The van der Waals surface area contributed by atoms with Gasteiger partial charge in [-0.2, -0.15) is 0 Å². The van der Waals surface area contributed by atoms with Crippen LogP contribution in [0.25, 0.3) is 5.95 Å². The molecule has 2 N–H and O–H groups in total. The van der Waals surface area contributed by atoms with Crippen molar-refractivity contribution in [3.8, 4) is 17.7 Å². The zero-order chi connectivity index (χ0) is 16.2. The van der Waals surface area contributed by atoms with Gasteiger partial charge in [-0.05, 0) is 13.0 Å². The van der Waals surface area contributed by atoms with Gasteiger partial charge in [0.25, 0.3) is 11.8 Å². The molecule has 0 aromatic carbocycles. The van der Waals surface area contributed by atoms with Crippen molar-refractivity contribution in [3.63, 3.8) is 0 Å². The normalized spacial score (nSPS) is 9.71. The van der Waals surface area contributed by atoms with E-state index in [0.29, 0.717) is 0 Å². The maximum absolute atomic E-state index is 11.9. The third-order valence-electron chi connectivity index (χ3n) is 2.18. The number of aromatic hydroxyl groups is 2. The van der Waals surface area contributed by atoms with E-state index < -0.39 is 17.7 Å². The van der Waals surface area contributed by atoms with Gasteiger partial charge in [0.05, 0.1) is 5.72 Å². The van der Waals surface area contributed by atoms with Gasteiger partial charge in [0.2, 0.25) is 5.95 Å². The van der Waals surface area contributed by atoms with Gasteiger partial charge in [0.1, 0.15) is 0 Å². The van der Waals surface area contributed by atoms with E-state index in [-0.39, 0.29) is 23.1 Å². The van der Waals surface area contributed by atoms with Gasteiger partial charge >= 0.3 is 5.97 Å². The number of rotatable bonds is 2. The molecule has 0 saturated heterocycles. The van der Waals surface area contributed by atoms with Gasteiger partial charge < -0.3 is 10.2 Å². The Kier molecular flexibility index (Phi) is 5.22. The molecule has 0 unspecified atom stereocenters. The highest BCUT2D eigenvalue weighted by Gasteiger charge is 2.19. The van der Waals surface area contributed by atoms with Crippen LogP contribution in [0.4, 0.5) is 4.53 Å². The van der Waals surface area contributed by atoms with Gasteiger partial charge in [-0.15, -0.1) is 0 Å². The lowest BCUT2D eigenvalue weighted by Gasteiger charge is -2.06. The summed E-state index contributed by atoms with van der Waals surface area (Å²) in [7, 11) is 5.44. The van der Waals surface area contributed by atoms with Gasteiger partial charge in [-0.25, -0.2) is 29.3 Å². The fourth-order valence-electron chi connectivity index (χ4n) is 1.41. The highest BCUT2D eigenvalue weighted by atomic mass is 19.3. The maximum atomic E-state index is 11.9. The molecule has 0 atom stereocenters. The minimum absolute atomic E-state index is 0.261. The Morgan fingerprint density at radius 2 is 1.95 bits per heavy atom. The molecule has 8 nitrogen and oxygen atoms in total. The highest BCUT2D eigenvalue weighted by molar-refractivity contribution is 6.29. The third kappa shape index (κ3) is 3.27. The lowest BCUT2D eigenvalue weighted by atomic mass is 10.1. The zero-order valence-corrected chi connectivity index (χ0v) is 11.5. The molecule has 0 aliphatic rings. The minimum atomic E-state index is -1.32. The number of nitrogens with zero attached hydrogens (tertiary/aromatic N) is 4. The van der Waals surface area contributed by atoms with Crippen LogP contribution in [0.15, 0.2) is 6.07 Å². The first-order valence-corrected chi connectivity index (χ1v) is 5.89. The lowest BCUT2D eigenvalue weighted by Crippen LogP contribution is -2.20. The molecular weight excluding hydrogens is 282 g/mol. The average molecular weight is 294 g/mol. The van der Waals surface area contributed by atoms with Crippen LogP contribution < -0.4 is 5.72 Å². The van der Waals surface area contributed by atoms with E-state index in [1.807, 2.05) is 13.8 Å². The van der Waals surface area contributed by atoms with Crippen LogP contribution in [0.2, 0.25) is 0 Å². The Balaban J connectivity index is 0.00000106. The Morgan fingerprint density at radius 3 is 2.43 bits per heavy atom. The van der Waals surface area contributed by atoms with Crippen molar-refractivity contribution in [3.05, 3.63) is 17.5 Å². The predicted octanol–water partition coefficient (Wildman–Crippen LogP) is 0.243. The van der Waals surface area contributed by atoms with E-state index in [0.717, 1.165) is 4.57 Å². The van der Waals surface area contributed by atoms with Crippen molar-refractivity contribution in [2.45, 2.75) is 20.8 Å². The fourth-order valence-corrected chi connectivity index (χ4v) is 1.41. The van der Waals surface area contributed by atoms with Crippen molar-refractivity contribution in [1.29, 1.82) is 0 Å². The van der Waals surface area contributed by atoms with Crippen molar-refractivity contribution < 1.29 is 24.5 Å². The first-order chi connectivity index (χ1) is 9.93. The summed E-state index contributed by atoms with van der Waals surface area (Å²) in [6, 6.07) is 1.18. The minimum Gasteiger partial charge on any atom is -0.490 e. The summed E-state index contributed by atoms with van der Waals surface area (Å²) in [5.41, 5.74) is -0.394. The third-order valence-corrected chi connectivity index (χ3v) is 2.18. The second kappa shape index (κ2) is 6.68. The highest BCUT2D eigenvalue weighted by Crippen LogP contribution is 2.22. The van der Waals surface area contributed by atoms with Crippen LogP contribution in [0.3, 0.4) is 0 Å². The zero-order valence-electron chi connectivity index (χ0n) is 11.5. The predicted molar refractivity (Wildman–Crippen MR) is 70.5 cm³/mol. The summed E-state index contributed by atoms with van der Waals surface area (Å²) >= 11 is 0. The summed E-state index contributed by atoms with van der Waals surface area (Å²) < 4.78 is 12.6. The van der Waals surface area contributed by atoms with E-state index in [1.54, 1.807) is 0 Å². The molecule has 0 amide bonds. The van der Waals surface area contributed by atoms with Gasteiger partial charge in [0, 0.05) is 10.2 Å². The van der Waals surface area contributed by atoms with Crippen LogP contribution in [0.5, 0.6) is 11.8 Å². The molecule has 0 bridgehead atoms. The monoisotopic (exact) mass is 294 g/mol. The molecule has 0 spiro atoms. The molecule has 0 aliphatic carbocycles. The SMILES string of the molecule is CC.[B]c1nc(O)c(O)n1-c1nc(C)cc(C(=O)OF)n1. The van der Waals surface area contributed by atoms with Crippen molar-refractivity contribution in [2.75, 3.05) is 0 Å². The first kappa shape index (κ1) is 16.4. The molecule has 10 heteroatoms. The molecule has 0 aliphatic heterocycles. The van der Waals surface area contributed by atoms with Crippen molar-refractivity contribution >= 4 is 19.5 Å². The molecule has 110 valence electrons. The number of hydrogen-bond donors (Lipinski definition) is 2. The van der Waals surface area contributed by atoms with Crippen LogP contribution in [0.1, 0.15) is 30.0 Å². The van der Waals surface area contributed by atoms with Crippen LogP contribution in [-0.2, 0) is 4.94 Å². The second-order valence-corrected chi connectivity index (χ2v) is 3.51. The summed E-state index contributed by atoms with van der Waals surface area (Å²) in [4.78, 5) is 25.0. The summed E-state index contributed by atoms with van der Waals surface area (Å²) in [5.74, 6) is -3.02. The van der Waals surface area contributed by atoms with Crippen molar-refractivity contribution in [1.82, 2.24) is 19.5 Å². The number of aryl methyl sites for hydroxylation is 1.